The second kappa shape index (κ2) is 6.47. The van der Waals surface area contributed by atoms with Crippen LogP contribution in [0.3, 0.4) is 0 Å². The molecule has 0 aliphatic rings. The summed E-state index contributed by atoms with van der Waals surface area (Å²) in [6.45, 7) is 2.08. The number of benzene rings is 1. The van der Waals surface area contributed by atoms with Crippen molar-refractivity contribution in [2.24, 2.45) is 5.73 Å². The molecule has 0 fully saturated rings. The second-order valence-electron chi connectivity index (χ2n) is 5.31. The third kappa shape index (κ3) is 2.97. The first-order valence-corrected chi connectivity index (χ1v) is 8.06. The van der Waals surface area contributed by atoms with Gasteiger partial charge in [-0.2, -0.15) is 5.10 Å². The van der Waals surface area contributed by atoms with Gasteiger partial charge in [0.1, 0.15) is 6.33 Å². The molecule has 2 N–H and O–H groups in total. The highest BCUT2D eigenvalue weighted by atomic mass is 32.1. The van der Waals surface area contributed by atoms with Crippen LogP contribution in [-0.4, -0.2) is 20.9 Å². The lowest BCUT2D eigenvalue weighted by Gasteiger charge is -2.09. The lowest BCUT2D eigenvalue weighted by atomic mass is 10.2. The Bertz CT molecular complexity index is 875. The van der Waals surface area contributed by atoms with Gasteiger partial charge in [0, 0.05) is 16.1 Å². The van der Waals surface area contributed by atoms with Gasteiger partial charge in [-0.25, -0.2) is 13.9 Å². The zero-order valence-electron chi connectivity index (χ0n) is 12.6. The molecule has 0 spiro atoms. The summed E-state index contributed by atoms with van der Waals surface area (Å²) in [7, 11) is 0. The second-order valence-corrected chi connectivity index (χ2v) is 6.43. The molecule has 0 radical (unpaired) electrons. The molecule has 1 aromatic carbocycles. The first-order valence-electron chi connectivity index (χ1n) is 7.24. The SMILES string of the molecule is CC(c1cc2ccccc2s1)n1cnn(C/C(=C/F)CN)c1=O. The zero-order valence-corrected chi connectivity index (χ0v) is 13.5. The lowest BCUT2D eigenvalue weighted by molar-refractivity contribution is 0.577. The Morgan fingerprint density at radius 1 is 1.48 bits per heavy atom. The lowest BCUT2D eigenvalue weighted by Crippen LogP contribution is -2.28. The molecule has 1 unspecified atom stereocenters. The van der Waals surface area contributed by atoms with Crippen molar-refractivity contribution in [3.63, 3.8) is 0 Å². The van der Waals surface area contributed by atoms with Crippen LogP contribution in [0.4, 0.5) is 4.39 Å². The smallest absolute Gasteiger partial charge is 0.327 e. The molecule has 0 aliphatic heterocycles. The predicted octanol–water partition coefficient (Wildman–Crippen LogP) is 2.68. The van der Waals surface area contributed by atoms with Gasteiger partial charge in [0.25, 0.3) is 0 Å². The number of aromatic nitrogens is 3. The Labute approximate surface area is 136 Å². The highest BCUT2D eigenvalue weighted by molar-refractivity contribution is 7.19. The first kappa shape index (κ1) is 15.6. The van der Waals surface area contributed by atoms with Crippen molar-refractivity contribution in [2.45, 2.75) is 19.5 Å². The van der Waals surface area contributed by atoms with Gasteiger partial charge in [-0.05, 0) is 30.0 Å². The van der Waals surface area contributed by atoms with E-state index in [9.17, 15) is 9.18 Å². The summed E-state index contributed by atoms with van der Waals surface area (Å²) in [6, 6.07) is 10.0. The van der Waals surface area contributed by atoms with Gasteiger partial charge in [0.15, 0.2) is 0 Å². The zero-order chi connectivity index (χ0) is 16.4. The monoisotopic (exact) mass is 332 g/mol. The summed E-state index contributed by atoms with van der Waals surface area (Å²) < 4.78 is 16.6. The average Bonchev–Trinajstić information content (AvgIpc) is 3.16. The fourth-order valence-corrected chi connectivity index (χ4v) is 3.52. The number of rotatable bonds is 5. The van der Waals surface area contributed by atoms with Crippen molar-refractivity contribution in [1.29, 1.82) is 0 Å². The highest BCUT2D eigenvalue weighted by Crippen LogP contribution is 2.30. The molecule has 0 bridgehead atoms. The molecule has 5 nitrogen and oxygen atoms in total. The molecule has 1 atom stereocenters. The molecule has 7 heteroatoms. The summed E-state index contributed by atoms with van der Waals surface area (Å²) >= 11 is 1.65. The summed E-state index contributed by atoms with van der Waals surface area (Å²) in [4.78, 5) is 13.5. The van der Waals surface area contributed by atoms with E-state index < -0.39 is 0 Å². The summed E-state index contributed by atoms with van der Waals surface area (Å²) in [5.41, 5.74) is 5.48. The topological polar surface area (TPSA) is 65.8 Å². The summed E-state index contributed by atoms with van der Waals surface area (Å²) in [6.07, 6.45) is 1.92. The number of nitrogens with zero attached hydrogens (tertiary/aromatic N) is 3. The van der Waals surface area contributed by atoms with E-state index in [1.165, 1.54) is 15.7 Å². The van der Waals surface area contributed by atoms with Gasteiger partial charge in [-0.1, -0.05) is 18.2 Å². The van der Waals surface area contributed by atoms with E-state index in [2.05, 4.69) is 17.2 Å². The van der Waals surface area contributed by atoms with Gasteiger partial charge in [0.05, 0.1) is 18.9 Å². The minimum absolute atomic E-state index is 0.0572. The Morgan fingerprint density at radius 2 is 2.26 bits per heavy atom. The molecule has 2 heterocycles. The van der Waals surface area contributed by atoms with Crippen LogP contribution >= 0.6 is 11.3 Å². The molecular formula is C16H17FN4OS. The number of halogens is 1. The molecule has 3 aromatic rings. The Balaban J connectivity index is 1.92. The minimum Gasteiger partial charge on any atom is -0.327 e. The largest absolute Gasteiger partial charge is 0.346 e. The predicted molar refractivity (Wildman–Crippen MR) is 90.4 cm³/mol. The van der Waals surface area contributed by atoms with Crippen LogP contribution in [0.15, 0.2) is 53.4 Å². The van der Waals surface area contributed by atoms with Crippen molar-refractivity contribution in [3.05, 3.63) is 63.9 Å². The van der Waals surface area contributed by atoms with Gasteiger partial charge in [-0.15, -0.1) is 11.3 Å². The number of nitrogens with two attached hydrogens (primary N) is 1. The molecular weight excluding hydrogens is 315 g/mol. The van der Waals surface area contributed by atoms with E-state index in [-0.39, 0.29) is 24.8 Å². The first-order chi connectivity index (χ1) is 11.1. The van der Waals surface area contributed by atoms with Crippen LogP contribution in [0, 0.1) is 0 Å². The van der Waals surface area contributed by atoms with Crippen LogP contribution in [0.5, 0.6) is 0 Å². The highest BCUT2D eigenvalue weighted by Gasteiger charge is 2.16. The molecule has 0 amide bonds. The number of hydrogen-bond donors (Lipinski definition) is 1. The fraction of sp³-hybridized carbons (Fsp3) is 0.250. The van der Waals surface area contributed by atoms with Gasteiger partial charge in [0.2, 0.25) is 0 Å². The Morgan fingerprint density at radius 3 is 2.96 bits per heavy atom. The third-order valence-corrected chi connectivity index (χ3v) is 5.09. The van der Waals surface area contributed by atoms with Crippen molar-refractivity contribution in [1.82, 2.24) is 14.3 Å². The van der Waals surface area contributed by atoms with Crippen LogP contribution in [0.1, 0.15) is 17.8 Å². The molecule has 3 rings (SSSR count). The molecule has 23 heavy (non-hydrogen) atoms. The maximum absolute atomic E-state index is 12.6. The van der Waals surface area contributed by atoms with Crippen LogP contribution < -0.4 is 11.4 Å². The van der Waals surface area contributed by atoms with Crippen molar-refractivity contribution < 1.29 is 4.39 Å². The molecule has 0 saturated heterocycles. The van der Waals surface area contributed by atoms with Crippen LogP contribution in [0.2, 0.25) is 0 Å². The van der Waals surface area contributed by atoms with Crippen molar-refractivity contribution in [3.8, 4) is 0 Å². The summed E-state index contributed by atoms with van der Waals surface area (Å²) in [5.74, 6) is 0. The average molecular weight is 332 g/mol. The van der Waals surface area contributed by atoms with E-state index in [4.69, 9.17) is 5.73 Å². The molecule has 2 aromatic heterocycles. The summed E-state index contributed by atoms with van der Waals surface area (Å²) in [5, 5.41) is 5.22. The van der Waals surface area contributed by atoms with Gasteiger partial charge >= 0.3 is 5.69 Å². The molecule has 120 valence electrons. The Hall–Kier alpha value is -2.25. The maximum atomic E-state index is 12.6. The quantitative estimate of drug-likeness (QED) is 0.781. The standard InChI is InChI=1S/C16H17FN4OS/c1-11(15-6-13-4-2-3-5-14(13)23-15)20-10-19-21(16(20)22)9-12(7-17)8-18/h2-7,10-11H,8-9,18H2,1H3/b12-7+. The minimum atomic E-state index is -0.275. The molecule has 0 saturated carbocycles. The number of fused-ring (bicyclic) bond motifs is 1. The van der Waals surface area contributed by atoms with E-state index in [1.807, 2.05) is 25.1 Å². The van der Waals surface area contributed by atoms with Crippen LogP contribution in [0.25, 0.3) is 10.1 Å². The number of thiophene rings is 1. The van der Waals surface area contributed by atoms with Crippen LogP contribution in [-0.2, 0) is 6.54 Å². The van der Waals surface area contributed by atoms with Gasteiger partial charge < -0.3 is 5.73 Å². The Kier molecular flexibility index (Phi) is 4.40. The normalized spacial score (nSPS) is 13.6. The molecule has 0 aliphatic carbocycles. The maximum Gasteiger partial charge on any atom is 0.346 e. The van der Waals surface area contributed by atoms with Crippen molar-refractivity contribution >= 4 is 21.4 Å². The van der Waals surface area contributed by atoms with E-state index >= 15 is 0 Å². The number of hydrogen-bond acceptors (Lipinski definition) is 4. The third-order valence-electron chi connectivity index (χ3n) is 3.80. The van der Waals surface area contributed by atoms with E-state index in [1.54, 1.807) is 15.9 Å². The van der Waals surface area contributed by atoms with Crippen molar-refractivity contribution in [2.75, 3.05) is 6.54 Å². The van der Waals surface area contributed by atoms with E-state index in [0.29, 0.717) is 11.9 Å². The van der Waals surface area contributed by atoms with Gasteiger partial charge in [-0.3, -0.25) is 4.57 Å². The van der Waals surface area contributed by atoms with E-state index in [0.717, 1.165) is 10.3 Å². The fourth-order valence-electron chi connectivity index (χ4n) is 2.41.